The molecule has 0 saturated heterocycles. The van der Waals surface area contributed by atoms with Crippen LogP contribution in [0.4, 0.5) is 13.2 Å². The summed E-state index contributed by atoms with van der Waals surface area (Å²) in [6.45, 7) is 0.373. The fourth-order valence-electron chi connectivity index (χ4n) is 2.69. The Kier molecular flexibility index (Phi) is 6.92. The van der Waals surface area contributed by atoms with E-state index in [1.54, 1.807) is 18.2 Å². The van der Waals surface area contributed by atoms with Crippen LogP contribution in [0.2, 0.25) is 0 Å². The van der Waals surface area contributed by atoms with E-state index < -0.39 is 17.6 Å². The first-order valence-electron chi connectivity index (χ1n) is 9.22. The lowest BCUT2D eigenvalue weighted by molar-refractivity contribution is -0.137. The van der Waals surface area contributed by atoms with Gasteiger partial charge in [-0.3, -0.25) is 4.79 Å². The van der Waals surface area contributed by atoms with Crippen molar-refractivity contribution >= 4 is 12.1 Å². The topological polar surface area (TPSA) is 59.9 Å². The summed E-state index contributed by atoms with van der Waals surface area (Å²) in [6.07, 6.45) is -3.17. The summed E-state index contributed by atoms with van der Waals surface area (Å²) in [6, 6.07) is 18.8. The second kappa shape index (κ2) is 9.80. The summed E-state index contributed by atoms with van der Waals surface area (Å²) < 4.78 is 49.4. The lowest BCUT2D eigenvalue weighted by Crippen LogP contribution is -2.18. The Labute approximate surface area is 177 Å². The Balaban J connectivity index is 1.63. The van der Waals surface area contributed by atoms with E-state index in [9.17, 15) is 18.0 Å². The van der Waals surface area contributed by atoms with Gasteiger partial charge in [-0.1, -0.05) is 36.4 Å². The summed E-state index contributed by atoms with van der Waals surface area (Å²) in [5.74, 6) is 0.262. The van der Waals surface area contributed by atoms with Gasteiger partial charge in [0.1, 0.15) is 6.61 Å². The van der Waals surface area contributed by atoms with Gasteiger partial charge < -0.3 is 9.47 Å². The summed E-state index contributed by atoms with van der Waals surface area (Å²) in [5.41, 5.74) is 2.78. The number of ether oxygens (including phenoxy) is 2. The van der Waals surface area contributed by atoms with Crippen LogP contribution in [0.15, 0.2) is 77.9 Å². The van der Waals surface area contributed by atoms with Crippen molar-refractivity contribution in [3.63, 3.8) is 0 Å². The van der Waals surface area contributed by atoms with Crippen molar-refractivity contribution in [2.24, 2.45) is 5.10 Å². The zero-order valence-electron chi connectivity index (χ0n) is 16.5. The van der Waals surface area contributed by atoms with Crippen LogP contribution in [-0.4, -0.2) is 19.2 Å². The van der Waals surface area contributed by atoms with Crippen LogP contribution in [0.25, 0.3) is 0 Å². The number of methoxy groups -OCH3 is 1. The van der Waals surface area contributed by atoms with Crippen LogP contribution in [0.5, 0.6) is 11.5 Å². The Morgan fingerprint density at radius 1 is 1.00 bits per heavy atom. The molecule has 8 heteroatoms. The molecule has 0 atom stereocenters. The lowest BCUT2D eigenvalue weighted by atomic mass is 10.1. The number of hydrogen-bond acceptors (Lipinski definition) is 4. The molecule has 31 heavy (non-hydrogen) atoms. The smallest absolute Gasteiger partial charge is 0.416 e. The number of rotatable bonds is 7. The van der Waals surface area contributed by atoms with Gasteiger partial charge in [0.2, 0.25) is 0 Å². The standard InChI is InChI=1S/C23H19F3N2O3/c1-30-21-12-17(10-11-20(21)31-15-16-6-3-2-4-7-16)14-27-28-22(29)18-8-5-9-19(13-18)23(24,25)26/h2-14H,15H2,1H3,(H,28,29)/b27-14+. The fourth-order valence-corrected chi connectivity index (χ4v) is 2.69. The van der Waals surface area contributed by atoms with Crippen LogP contribution in [-0.2, 0) is 12.8 Å². The Morgan fingerprint density at radius 3 is 2.48 bits per heavy atom. The van der Waals surface area contributed by atoms with Gasteiger partial charge in [-0.15, -0.1) is 0 Å². The Morgan fingerprint density at radius 2 is 1.77 bits per heavy atom. The number of benzene rings is 3. The van der Waals surface area contributed by atoms with Crippen molar-refractivity contribution < 1.29 is 27.4 Å². The van der Waals surface area contributed by atoms with Crippen LogP contribution < -0.4 is 14.9 Å². The van der Waals surface area contributed by atoms with Crippen molar-refractivity contribution in [1.82, 2.24) is 5.43 Å². The van der Waals surface area contributed by atoms with Crippen LogP contribution in [0.1, 0.15) is 27.0 Å². The van der Waals surface area contributed by atoms with Crippen molar-refractivity contribution in [3.05, 3.63) is 95.1 Å². The summed E-state index contributed by atoms with van der Waals surface area (Å²) in [5, 5.41) is 3.81. The van der Waals surface area contributed by atoms with E-state index in [0.717, 1.165) is 17.7 Å². The number of alkyl halides is 3. The zero-order valence-corrected chi connectivity index (χ0v) is 16.5. The number of nitrogens with one attached hydrogen (secondary N) is 1. The van der Waals surface area contributed by atoms with E-state index in [1.165, 1.54) is 25.5 Å². The molecule has 5 nitrogen and oxygen atoms in total. The maximum atomic E-state index is 12.8. The second-order valence-corrected chi connectivity index (χ2v) is 6.46. The Hall–Kier alpha value is -3.81. The molecule has 0 radical (unpaired) electrons. The lowest BCUT2D eigenvalue weighted by Gasteiger charge is -2.11. The summed E-state index contributed by atoms with van der Waals surface area (Å²) in [7, 11) is 1.50. The number of carbonyl (C=O) groups excluding carboxylic acids is 1. The number of hydrogen-bond donors (Lipinski definition) is 1. The summed E-state index contributed by atoms with van der Waals surface area (Å²) >= 11 is 0. The van der Waals surface area contributed by atoms with E-state index in [2.05, 4.69) is 10.5 Å². The highest BCUT2D eigenvalue weighted by Crippen LogP contribution is 2.30. The average molecular weight is 428 g/mol. The van der Waals surface area contributed by atoms with Gasteiger partial charge in [0.15, 0.2) is 11.5 Å². The van der Waals surface area contributed by atoms with Gasteiger partial charge in [0, 0.05) is 5.56 Å². The van der Waals surface area contributed by atoms with Gasteiger partial charge in [0.05, 0.1) is 18.9 Å². The molecule has 0 aromatic heterocycles. The van der Waals surface area contributed by atoms with Crippen molar-refractivity contribution in [1.29, 1.82) is 0 Å². The highest BCUT2D eigenvalue weighted by molar-refractivity contribution is 5.95. The van der Waals surface area contributed by atoms with E-state index in [1.807, 2.05) is 30.3 Å². The maximum Gasteiger partial charge on any atom is 0.416 e. The van der Waals surface area contributed by atoms with Crippen LogP contribution >= 0.6 is 0 Å². The predicted molar refractivity (Wildman–Crippen MR) is 110 cm³/mol. The number of carbonyl (C=O) groups is 1. The first-order chi connectivity index (χ1) is 14.9. The molecule has 0 bridgehead atoms. The quantitative estimate of drug-likeness (QED) is 0.423. The zero-order chi connectivity index (χ0) is 22.3. The Bertz CT molecular complexity index is 1070. The second-order valence-electron chi connectivity index (χ2n) is 6.46. The van der Waals surface area contributed by atoms with E-state index in [0.29, 0.717) is 23.7 Å². The minimum atomic E-state index is -4.53. The molecule has 0 aliphatic carbocycles. The highest BCUT2D eigenvalue weighted by Gasteiger charge is 2.30. The third-order valence-corrected chi connectivity index (χ3v) is 4.26. The molecule has 0 aliphatic rings. The highest BCUT2D eigenvalue weighted by atomic mass is 19.4. The van der Waals surface area contributed by atoms with Gasteiger partial charge >= 0.3 is 6.18 Å². The number of nitrogens with zero attached hydrogens (tertiary/aromatic N) is 1. The van der Waals surface area contributed by atoms with E-state index >= 15 is 0 Å². The third-order valence-electron chi connectivity index (χ3n) is 4.26. The average Bonchev–Trinajstić information content (AvgIpc) is 2.78. The molecule has 1 amide bonds. The first kappa shape index (κ1) is 21.9. The molecule has 0 heterocycles. The SMILES string of the molecule is COc1cc(/C=N/NC(=O)c2cccc(C(F)(F)F)c2)ccc1OCc1ccccc1. The first-order valence-corrected chi connectivity index (χ1v) is 9.22. The van der Waals surface area contributed by atoms with Gasteiger partial charge in [-0.05, 0) is 47.5 Å². The molecule has 0 saturated carbocycles. The fraction of sp³-hybridized carbons (Fsp3) is 0.130. The van der Waals surface area contributed by atoms with E-state index in [-0.39, 0.29) is 5.56 Å². The predicted octanol–water partition coefficient (Wildman–Crippen LogP) is 5.06. The van der Waals surface area contributed by atoms with Crippen LogP contribution in [0.3, 0.4) is 0 Å². The van der Waals surface area contributed by atoms with Crippen molar-refractivity contribution in [2.45, 2.75) is 12.8 Å². The number of hydrazone groups is 1. The van der Waals surface area contributed by atoms with E-state index in [4.69, 9.17) is 9.47 Å². The van der Waals surface area contributed by atoms with Gasteiger partial charge in [-0.2, -0.15) is 18.3 Å². The monoisotopic (exact) mass is 428 g/mol. The molecule has 0 unspecified atom stereocenters. The molecule has 0 spiro atoms. The normalized spacial score (nSPS) is 11.4. The minimum absolute atomic E-state index is 0.144. The van der Waals surface area contributed by atoms with Crippen LogP contribution in [0, 0.1) is 0 Å². The maximum absolute atomic E-state index is 12.8. The third kappa shape index (κ3) is 6.08. The minimum Gasteiger partial charge on any atom is -0.493 e. The molecule has 3 rings (SSSR count). The molecule has 160 valence electrons. The van der Waals surface area contributed by atoms with Crippen molar-refractivity contribution in [3.8, 4) is 11.5 Å². The molecule has 3 aromatic carbocycles. The molecule has 1 N–H and O–H groups in total. The van der Waals surface area contributed by atoms with Gasteiger partial charge in [0.25, 0.3) is 5.91 Å². The summed E-state index contributed by atoms with van der Waals surface area (Å²) in [4.78, 5) is 12.1. The molecule has 0 aliphatic heterocycles. The number of amides is 1. The molecular weight excluding hydrogens is 409 g/mol. The van der Waals surface area contributed by atoms with Crippen molar-refractivity contribution in [2.75, 3.05) is 7.11 Å². The van der Waals surface area contributed by atoms with Gasteiger partial charge in [-0.25, -0.2) is 5.43 Å². The molecule has 0 fully saturated rings. The number of halogens is 3. The molecular formula is C23H19F3N2O3. The largest absolute Gasteiger partial charge is 0.493 e. The molecule has 3 aromatic rings.